The molecule has 0 aromatic heterocycles. The summed E-state index contributed by atoms with van der Waals surface area (Å²) in [5.74, 6) is 0. The molecule has 0 saturated heterocycles. The number of alkyl halides is 3. The molecule has 0 saturated carbocycles. The Morgan fingerprint density at radius 2 is 1.87 bits per heavy atom. The summed E-state index contributed by atoms with van der Waals surface area (Å²) in [5, 5.41) is 0.0121. The second-order valence-electron chi connectivity index (χ2n) is 2.69. The topological polar surface area (TPSA) is 26.0 Å². The Labute approximate surface area is 104 Å². The van der Waals surface area contributed by atoms with Crippen molar-refractivity contribution in [1.82, 2.24) is 0 Å². The molecule has 1 nitrogen and oxygen atoms in total. The first kappa shape index (κ1) is 15.0. The Morgan fingerprint density at radius 3 is 2.33 bits per heavy atom. The van der Waals surface area contributed by atoms with Crippen molar-refractivity contribution in [3.8, 4) is 0 Å². The maximum Gasteiger partial charge on any atom is 0.407 e. The van der Waals surface area contributed by atoms with Crippen LogP contribution in [0.25, 0.3) is 0 Å². The van der Waals surface area contributed by atoms with Crippen LogP contribution in [-0.2, 0) is 0 Å². The van der Waals surface area contributed by atoms with Crippen LogP contribution in [0.4, 0.5) is 13.2 Å². The van der Waals surface area contributed by atoms with Gasteiger partial charge in [-0.25, -0.2) is 0 Å². The highest BCUT2D eigenvalue weighted by Crippen LogP contribution is 2.35. The third-order valence-electron chi connectivity index (χ3n) is 1.65. The van der Waals surface area contributed by atoms with Crippen molar-refractivity contribution in [1.29, 1.82) is 0 Å². The van der Waals surface area contributed by atoms with E-state index in [1.54, 1.807) is 6.07 Å². The fourth-order valence-corrected chi connectivity index (χ4v) is 1.54. The second kappa shape index (κ2) is 5.39. The fourth-order valence-electron chi connectivity index (χ4n) is 0.929. The molecule has 0 radical (unpaired) electrons. The zero-order chi connectivity index (χ0) is 10.9. The molecule has 0 heterocycles. The molecule has 2 N–H and O–H groups in total. The lowest BCUT2D eigenvalue weighted by molar-refractivity contribution is -0.149. The molecule has 86 valence electrons. The average molecular weight is 325 g/mol. The number of halogens is 6. The minimum Gasteiger partial charge on any atom is -0.316 e. The van der Waals surface area contributed by atoms with E-state index in [-0.39, 0.29) is 23.0 Å². The van der Waals surface area contributed by atoms with Gasteiger partial charge < -0.3 is 5.73 Å². The molecular formula is C8H7BrCl2F3N. The lowest BCUT2D eigenvalue weighted by atomic mass is 10.1. The van der Waals surface area contributed by atoms with E-state index >= 15 is 0 Å². The first-order valence-electron chi connectivity index (χ1n) is 3.59. The third-order valence-corrected chi connectivity index (χ3v) is 2.48. The molecule has 0 unspecified atom stereocenters. The predicted octanol–water partition coefficient (Wildman–Crippen LogP) is 4.09. The molecule has 1 aromatic carbocycles. The molecule has 15 heavy (non-hydrogen) atoms. The highest BCUT2D eigenvalue weighted by Gasteiger charge is 2.38. The van der Waals surface area contributed by atoms with Crippen molar-refractivity contribution in [2.75, 3.05) is 0 Å². The van der Waals surface area contributed by atoms with Gasteiger partial charge in [-0.15, -0.1) is 12.4 Å². The summed E-state index contributed by atoms with van der Waals surface area (Å²) in [5.41, 5.74) is 4.88. The maximum atomic E-state index is 12.2. The Kier molecular flexibility index (Phi) is 5.40. The van der Waals surface area contributed by atoms with Crippen molar-refractivity contribution < 1.29 is 13.2 Å². The first-order valence-corrected chi connectivity index (χ1v) is 4.76. The molecule has 0 amide bonds. The quantitative estimate of drug-likeness (QED) is 0.827. The third kappa shape index (κ3) is 3.83. The summed E-state index contributed by atoms with van der Waals surface area (Å²) < 4.78 is 37.3. The van der Waals surface area contributed by atoms with Gasteiger partial charge >= 0.3 is 6.18 Å². The van der Waals surface area contributed by atoms with E-state index in [0.29, 0.717) is 4.47 Å². The van der Waals surface area contributed by atoms with E-state index in [2.05, 4.69) is 15.9 Å². The molecule has 0 aliphatic heterocycles. The second-order valence-corrected chi connectivity index (χ2v) is 4.01. The minimum absolute atomic E-state index is 0. The van der Waals surface area contributed by atoms with Gasteiger partial charge in [-0.1, -0.05) is 27.5 Å². The molecular weight excluding hydrogens is 318 g/mol. The zero-order valence-corrected chi connectivity index (χ0v) is 10.3. The lowest BCUT2D eigenvalue weighted by Gasteiger charge is -2.17. The van der Waals surface area contributed by atoms with Gasteiger partial charge in [0, 0.05) is 9.50 Å². The highest BCUT2D eigenvalue weighted by atomic mass is 79.9. The van der Waals surface area contributed by atoms with Crippen LogP contribution >= 0.6 is 39.9 Å². The Morgan fingerprint density at radius 1 is 1.33 bits per heavy atom. The van der Waals surface area contributed by atoms with E-state index in [1.165, 1.54) is 12.1 Å². The Hall–Kier alpha value is 0.0300. The van der Waals surface area contributed by atoms with Gasteiger partial charge in [0.1, 0.15) is 6.04 Å². The van der Waals surface area contributed by atoms with Crippen molar-refractivity contribution >= 4 is 39.9 Å². The van der Waals surface area contributed by atoms with E-state index in [4.69, 9.17) is 17.3 Å². The van der Waals surface area contributed by atoms with Crippen molar-refractivity contribution in [3.63, 3.8) is 0 Å². The van der Waals surface area contributed by atoms with E-state index in [1.807, 2.05) is 0 Å². The number of hydrogen-bond donors (Lipinski definition) is 1. The molecule has 0 spiro atoms. The predicted molar refractivity (Wildman–Crippen MR) is 59.4 cm³/mol. The number of nitrogens with two attached hydrogens (primary N) is 1. The van der Waals surface area contributed by atoms with Gasteiger partial charge in [-0.05, 0) is 23.8 Å². The number of rotatable bonds is 1. The van der Waals surface area contributed by atoms with E-state index in [9.17, 15) is 13.2 Å². The summed E-state index contributed by atoms with van der Waals surface area (Å²) in [6, 6.07) is 2.13. The lowest BCUT2D eigenvalue weighted by Crippen LogP contribution is -2.28. The van der Waals surface area contributed by atoms with E-state index in [0.717, 1.165) is 0 Å². The monoisotopic (exact) mass is 323 g/mol. The standard InChI is InChI=1S/C8H6BrClF3N.ClH/c9-4-1-2-6(10)5(3-4)7(14)8(11,12)13;/h1-3,7H,14H2;1H/t7-;/m1./s1. The molecule has 0 bridgehead atoms. The normalized spacial score (nSPS) is 13.2. The molecule has 1 aromatic rings. The van der Waals surface area contributed by atoms with Gasteiger partial charge in [0.15, 0.2) is 0 Å². The van der Waals surface area contributed by atoms with Gasteiger partial charge in [0.05, 0.1) is 0 Å². The van der Waals surface area contributed by atoms with Crippen LogP contribution in [0.5, 0.6) is 0 Å². The molecule has 0 aliphatic carbocycles. The van der Waals surface area contributed by atoms with Crippen LogP contribution in [0.3, 0.4) is 0 Å². The first-order chi connectivity index (χ1) is 6.32. The summed E-state index contributed by atoms with van der Waals surface area (Å²) in [6.07, 6.45) is -4.48. The van der Waals surface area contributed by atoms with Crippen LogP contribution in [-0.4, -0.2) is 6.18 Å². The maximum absolute atomic E-state index is 12.2. The van der Waals surface area contributed by atoms with Crippen molar-refractivity contribution in [3.05, 3.63) is 33.3 Å². The zero-order valence-electron chi connectivity index (χ0n) is 7.18. The van der Waals surface area contributed by atoms with E-state index < -0.39 is 12.2 Å². The Bertz CT molecular complexity index is 343. The van der Waals surface area contributed by atoms with Crippen LogP contribution in [0.15, 0.2) is 22.7 Å². The van der Waals surface area contributed by atoms with Crippen molar-refractivity contribution in [2.45, 2.75) is 12.2 Å². The van der Waals surface area contributed by atoms with Gasteiger partial charge in [-0.2, -0.15) is 13.2 Å². The van der Waals surface area contributed by atoms with Crippen LogP contribution in [0.1, 0.15) is 11.6 Å². The SMILES string of the molecule is Cl.N[C@H](c1cc(Br)ccc1Cl)C(F)(F)F. The smallest absolute Gasteiger partial charge is 0.316 e. The fraction of sp³-hybridized carbons (Fsp3) is 0.250. The summed E-state index contributed by atoms with van der Waals surface area (Å²) in [4.78, 5) is 0. The largest absolute Gasteiger partial charge is 0.407 e. The van der Waals surface area contributed by atoms with Crippen molar-refractivity contribution in [2.24, 2.45) is 5.73 Å². The van der Waals surface area contributed by atoms with Crippen LogP contribution in [0, 0.1) is 0 Å². The molecule has 0 aliphatic rings. The summed E-state index contributed by atoms with van der Waals surface area (Å²) >= 11 is 8.65. The molecule has 1 atom stereocenters. The highest BCUT2D eigenvalue weighted by molar-refractivity contribution is 9.10. The van der Waals surface area contributed by atoms with Gasteiger partial charge in [0.2, 0.25) is 0 Å². The molecule has 0 fully saturated rings. The number of benzene rings is 1. The number of hydrogen-bond acceptors (Lipinski definition) is 1. The van der Waals surface area contributed by atoms with Gasteiger partial charge in [-0.3, -0.25) is 0 Å². The summed E-state index contributed by atoms with van der Waals surface area (Å²) in [6.45, 7) is 0. The Balaban J connectivity index is 0.00000196. The molecule has 7 heteroatoms. The minimum atomic E-state index is -4.48. The van der Waals surface area contributed by atoms with Gasteiger partial charge in [0.25, 0.3) is 0 Å². The van der Waals surface area contributed by atoms with Crippen LogP contribution < -0.4 is 5.73 Å². The molecule has 1 rings (SSSR count). The summed E-state index contributed by atoms with van der Waals surface area (Å²) in [7, 11) is 0. The average Bonchev–Trinajstić information content (AvgIpc) is 2.06. The van der Waals surface area contributed by atoms with Crippen LogP contribution in [0.2, 0.25) is 5.02 Å².